The maximum Gasteiger partial charge on any atom is 0.213 e. The van der Waals surface area contributed by atoms with Crippen LogP contribution in [0.25, 0.3) is 0 Å². The third-order valence-electron chi connectivity index (χ3n) is 3.84. The van der Waals surface area contributed by atoms with Crippen molar-refractivity contribution in [2.75, 3.05) is 19.7 Å². The van der Waals surface area contributed by atoms with Crippen LogP contribution in [-0.4, -0.2) is 36.4 Å². The Labute approximate surface area is 108 Å². The Balaban J connectivity index is 1.62. The molecule has 1 N–H and O–H groups in total. The molecule has 0 aromatic carbocycles. The zero-order valence-corrected chi connectivity index (χ0v) is 10.8. The third kappa shape index (κ3) is 2.49. The molecule has 1 spiro atoms. The highest BCUT2D eigenvalue weighted by Crippen LogP contribution is 2.35. The van der Waals surface area contributed by atoms with Gasteiger partial charge >= 0.3 is 0 Å². The number of hydrogen-bond donors (Lipinski definition) is 1. The van der Waals surface area contributed by atoms with Crippen molar-refractivity contribution in [3.63, 3.8) is 0 Å². The van der Waals surface area contributed by atoms with Gasteiger partial charge in [-0.3, -0.25) is 0 Å². The lowest BCUT2D eigenvalue weighted by atomic mass is 9.89. The molecule has 1 unspecified atom stereocenters. The first-order valence-corrected chi connectivity index (χ1v) is 6.71. The van der Waals surface area contributed by atoms with Crippen molar-refractivity contribution >= 4 is 0 Å². The number of rotatable bonds is 2. The average molecular weight is 248 g/mol. The summed E-state index contributed by atoms with van der Waals surface area (Å²) in [6, 6.07) is 5.88. The molecule has 1 atom stereocenters. The summed E-state index contributed by atoms with van der Waals surface area (Å²) in [4.78, 5) is 4.38. The summed E-state index contributed by atoms with van der Waals surface area (Å²) in [5.74, 6) is 0.717. The predicted molar refractivity (Wildman–Crippen MR) is 68.8 cm³/mol. The van der Waals surface area contributed by atoms with E-state index in [0.29, 0.717) is 6.61 Å². The molecule has 2 aliphatic heterocycles. The topological polar surface area (TPSA) is 43.4 Å². The van der Waals surface area contributed by atoms with E-state index in [9.17, 15) is 0 Å². The summed E-state index contributed by atoms with van der Waals surface area (Å²) < 4.78 is 11.9. The minimum atomic E-state index is 0.0553. The molecule has 18 heavy (non-hydrogen) atoms. The van der Waals surface area contributed by atoms with Gasteiger partial charge < -0.3 is 14.8 Å². The molecule has 2 saturated heterocycles. The molecule has 1 aromatic heterocycles. The highest BCUT2D eigenvalue weighted by molar-refractivity contribution is 5.15. The molecule has 98 valence electrons. The first-order valence-electron chi connectivity index (χ1n) is 6.71. The lowest BCUT2D eigenvalue weighted by Crippen LogP contribution is -2.41. The molecule has 0 aliphatic carbocycles. The monoisotopic (exact) mass is 248 g/mol. The quantitative estimate of drug-likeness (QED) is 0.865. The predicted octanol–water partition coefficient (Wildman–Crippen LogP) is 1.68. The summed E-state index contributed by atoms with van der Waals surface area (Å²) in [6.07, 6.45) is 3.32. The van der Waals surface area contributed by atoms with E-state index >= 15 is 0 Å². The van der Waals surface area contributed by atoms with Gasteiger partial charge in [-0.2, -0.15) is 0 Å². The highest BCUT2D eigenvalue weighted by Gasteiger charge is 2.42. The first kappa shape index (κ1) is 11.9. The molecule has 2 fully saturated rings. The van der Waals surface area contributed by atoms with Gasteiger partial charge in [0.15, 0.2) is 0 Å². The van der Waals surface area contributed by atoms with E-state index in [1.807, 2.05) is 25.1 Å². The second kappa shape index (κ2) is 4.86. The maximum absolute atomic E-state index is 6.00. The van der Waals surface area contributed by atoms with Crippen LogP contribution in [-0.2, 0) is 4.74 Å². The maximum atomic E-state index is 6.00. The van der Waals surface area contributed by atoms with Crippen LogP contribution in [0.4, 0.5) is 0 Å². The van der Waals surface area contributed by atoms with Crippen molar-refractivity contribution in [1.29, 1.82) is 0 Å². The lowest BCUT2D eigenvalue weighted by Gasteiger charge is -2.32. The van der Waals surface area contributed by atoms with Crippen LogP contribution >= 0.6 is 0 Å². The molecule has 4 nitrogen and oxygen atoms in total. The van der Waals surface area contributed by atoms with Crippen LogP contribution in [0.5, 0.6) is 5.88 Å². The molecule has 0 radical (unpaired) electrons. The fraction of sp³-hybridized carbons (Fsp3) is 0.643. The Bertz CT molecular complexity index is 416. The smallest absolute Gasteiger partial charge is 0.213 e. The molecule has 0 saturated carbocycles. The van der Waals surface area contributed by atoms with Gasteiger partial charge in [0, 0.05) is 18.2 Å². The molecule has 4 heteroatoms. The van der Waals surface area contributed by atoms with E-state index in [0.717, 1.165) is 43.9 Å². The number of ether oxygens (including phenoxy) is 2. The number of hydrogen-bond acceptors (Lipinski definition) is 4. The number of nitrogens with zero attached hydrogens (tertiary/aromatic N) is 1. The minimum Gasteiger partial charge on any atom is -0.472 e. The molecule has 0 amide bonds. The fourth-order valence-electron chi connectivity index (χ4n) is 2.86. The Kier molecular flexibility index (Phi) is 3.22. The Morgan fingerprint density at radius 2 is 2.22 bits per heavy atom. The summed E-state index contributed by atoms with van der Waals surface area (Å²) in [5.41, 5.74) is 1.04. The highest BCUT2D eigenvalue weighted by atomic mass is 16.6. The van der Waals surface area contributed by atoms with E-state index in [1.54, 1.807) is 0 Å². The van der Waals surface area contributed by atoms with E-state index in [1.165, 1.54) is 0 Å². The molecule has 0 bridgehead atoms. The first-order chi connectivity index (χ1) is 8.76. The second-order valence-corrected chi connectivity index (χ2v) is 5.31. The van der Waals surface area contributed by atoms with Crippen LogP contribution in [0.15, 0.2) is 18.2 Å². The fourth-order valence-corrected chi connectivity index (χ4v) is 2.86. The third-order valence-corrected chi connectivity index (χ3v) is 3.84. The van der Waals surface area contributed by atoms with Crippen molar-refractivity contribution in [1.82, 2.24) is 10.3 Å². The van der Waals surface area contributed by atoms with E-state index in [4.69, 9.17) is 9.47 Å². The van der Waals surface area contributed by atoms with Crippen molar-refractivity contribution < 1.29 is 9.47 Å². The van der Waals surface area contributed by atoms with Crippen molar-refractivity contribution in [3.8, 4) is 5.88 Å². The summed E-state index contributed by atoms with van der Waals surface area (Å²) >= 11 is 0. The molecule has 3 rings (SSSR count). The molecule has 2 aliphatic rings. The van der Waals surface area contributed by atoms with E-state index < -0.39 is 0 Å². The summed E-state index contributed by atoms with van der Waals surface area (Å²) in [5, 5.41) is 3.37. The van der Waals surface area contributed by atoms with Gasteiger partial charge in [0.05, 0.1) is 12.2 Å². The molecular formula is C14H20N2O2. The van der Waals surface area contributed by atoms with Crippen molar-refractivity contribution in [2.45, 2.75) is 37.9 Å². The standard InChI is InChI=1S/C14H20N2O2/c1-11-3-2-4-13(16-11)18-12-9-14(17-10-12)5-7-15-8-6-14/h2-4,12,15H,5-10H2,1H3. The summed E-state index contributed by atoms with van der Waals surface area (Å²) in [7, 11) is 0. The van der Waals surface area contributed by atoms with Gasteiger partial charge in [-0.25, -0.2) is 4.98 Å². The molecule has 3 heterocycles. The number of nitrogens with one attached hydrogen (secondary N) is 1. The van der Waals surface area contributed by atoms with E-state index in [2.05, 4.69) is 10.3 Å². The lowest BCUT2D eigenvalue weighted by molar-refractivity contribution is -0.0205. The van der Waals surface area contributed by atoms with Gasteiger partial charge in [-0.15, -0.1) is 0 Å². The zero-order chi connectivity index (χ0) is 12.4. The van der Waals surface area contributed by atoms with Gasteiger partial charge in [0.25, 0.3) is 0 Å². The molecule has 1 aromatic rings. The van der Waals surface area contributed by atoms with Crippen LogP contribution < -0.4 is 10.1 Å². The Morgan fingerprint density at radius 1 is 1.39 bits per heavy atom. The van der Waals surface area contributed by atoms with E-state index in [-0.39, 0.29) is 11.7 Å². The number of pyridine rings is 1. The SMILES string of the molecule is Cc1cccc(OC2COC3(CCNCC3)C2)n1. The Morgan fingerprint density at radius 3 is 3.00 bits per heavy atom. The number of aromatic nitrogens is 1. The van der Waals surface area contributed by atoms with Crippen molar-refractivity contribution in [2.24, 2.45) is 0 Å². The normalized spacial score (nSPS) is 26.4. The zero-order valence-electron chi connectivity index (χ0n) is 10.8. The van der Waals surface area contributed by atoms with Gasteiger partial charge in [0.2, 0.25) is 5.88 Å². The van der Waals surface area contributed by atoms with Gasteiger partial charge in [0.1, 0.15) is 6.10 Å². The van der Waals surface area contributed by atoms with Crippen molar-refractivity contribution in [3.05, 3.63) is 23.9 Å². The van der Waals surface area contributed by atoms with Crippen LogP contribution in [0.1, 0.15) is 25.0 Å². The second-order valence-electron chi connectivity index (χ2n) is 5.31. The average Bonchev–Trinajstić information content (AvgIpc) is 2.73. The van der Waals surface area contributed by atoms with Gasteiger partial charge in [-0.05, 0) is 38.9 Å². The van der Waals surface area contributed by atoms with Crippen LogP contribution in [0.3, 0.4) is 0 Å². The van der Waals surface area contributed by atoms with Gasteiger partial charge in [-0.1, -0.05) is 6.07 Å². The summed E-state index contributed by atoms with van der Waals surface area (Å²) in [6.45, 7) is 4.77. The van der Waals surface area contributed by atoms with Crippen LogP contribution in [0, 0.1) is 6.92 Å². The van der Waals surface area contributed by atoms with Crippen LogP contribution in [0.2, 0.25) is 0 Å². The minimum absolute atomic E-state index is 0.0553. The number of piperidine rings is 1. The molecular weight excluding hydrogens is 228 g/mol. The number of aryl methyl sites for hydroxylation is 1. The largest absolute Gasteiger partial charge is 0.472 e. The Hall–Kier alpha value is -1.13.